The Bertz CT molecular complexity index is 848. The maximum atomic E-state index is 12.4. The SMILES string of the molecule is CC(CCO)(CCCCC(=O)CCCCC(C)(CC(=O)O)c1ccccc1)c1ccccc1. The number of benzene rings is 2. The Morgan fingerprint density at radius 2 is 1.15 bits per heavy atom. The van der Waals surface area contributed by atoms with Crippen LogP contribution in [0.1, 0.15) is 89.2 Å². The van der Waals surface area contributed by atoms with Gasteiger partial charge in [-0.1, -0.05) is 87.4 Å². The van der Waals surface area contributed by atoms with E-state index in [1.54, 1.807) is 0 Å². The van der Waals surface area contributed by atoms with Crippen molar-refractivity contribution in [1.82, 2.24) is 0 Å². The van der Waals surface area contributed by atoms with Crippen LogP contribution in [0.15, 0.2) is 60.7 Å². The van der Waals surface area contributed by atoms with E-state index in [1.807, 2.05) is 55.5 Å². The van der Waals surface area contributed by atoms with Gasteiger partial charge in [0.2, 0.25) is 0 Å². The van der Waals surface area contributed by atoms with Crippen LogP contribution in [0.25, 0.3) is 0 Å². The molecule has 4 heteroatoms. The fourth-order valence-corrected chi connectivity index (χ4v) is 4.81. The molecule has 0 bridgehead atoms. The molecule has 0 fully saturated rings. The number of Topliss-reactive ketones (excluding diaryl/α,β-unsaturated/α-hetero) is 1. The molecule has 0 heterocycles. The van der Waals surface area contributed by atoms with Crippen molar-refractivity contribution in [2.75, 3.05) is 6.61 Å². The Morgan fingerprint density at radius 1 is 0.697 bits per heavy atom. The van der Waals surface area contributed by atoms with Crippen LogP contribution in [-0.4, -0.2) is 28.6 Å². The third-order valence-corrected chi connectivity index (χ3v) is 7.01. The maximum absolute atomic E-state index is 12.4. The predicted molar refractivity (Wildman–Crippen MR) is 133 cm³/mol. The summed E-state index contributed by atoms with van der Waals surface area (Å²) >= 11 is 0. The molecule has 0 saturated heterocycles. The van der Waals surface area contributed by atoms with Gasteiger partial charge < -0.3 is 10.2 Å². The molecule has 33 heavy (non-hydrogen) atoms. The van der Waals surface area contributed by atoms with Crippen molar-refractivity contribution in [1.29, 1.82) is 0 Å². The lowest BCUT2D eigenvalue weighted by atomic mass is 9.75. The second-order valence-electron chi connectivity index (χ2n) is 9.85. The van der Waals surface area contributed by atoms with Crippen LogP contribution in [0.5, 0.6) is 0 Å². The maximum Gasteiger partial charge on any atom is 0.304 e. The second kappa shape index (κ2) is 13.3. The fourth-order valence-electron chi connectivity index (χ4n) is 4.81. The summed E-state index contributed by atoms with van der Waals surface area (Å²) in [5, 5.41) is 18.9. The lowest BCUT2D eigenvalue weighted by molar-refractivity contribution is -0.138. The van der Waals surface area contributed by atoms with E-state index in [-0.39, 0.29) is 18.4 Å². The number of carboxylic acid groups (broad SMARTS) is 1. The van der Waals surface area contributed by atoms with Crippen molar-refractivity contribution >= 4 is 11.8 Å². The van der Waals surface area contributed by atoms with Gasteiger partial charge in [0.05, 0.1) is 6.42 Å². The van der Waals surface area contributed by atoms with Crippen molar-refractivity contribution in [3.63, 3.8) is 0 Å². The zero-order valence-electron chi connectivity index (χ0n) is 20.3. The molecule has 2 aromatic rings. The van der Waals surface area contributed by atoms with E-state index in [9.17, 15) is 19.8 Å². The number of carbonyl (C=O) groups is 2. The summed E-state index contributed by atoms with van der Waals surface area (Å²) in [4.78, 5) is 23.8. The molecule has 0 radical (unpaired) electrons. The minimum atomic E-state index is -0.791. The Hall–Kier alpha value is -2.46. The Morgan fingerprint density at radius 3 is 1.61 bits per heavy atom. The van der Waals surface area contributed by atoms with Gasteiger partial charge in [-0.25, -0.2) is 0 Å². The number of carboxylic acids is 1. The molecule has 2 unspecified atom stereocenters. The van der Waals surface area contributed by atoms with Crippen molar-refractivity contribution in [2.45, 2.75) is 88.9 Å². The van der Waals surface area contributed by atoms with Gasteiger partial charge in [-0.05, 0) is 48.6 Å². The first-order chi connectivity index (χ1) is 15.8. The van der Waals surface area contributed by atoms with Crippen molar-refractivity contribution in [2.24, 2.45) is 0 Å². The molecule has 0 aliphatic carbocycles. The van der Waals surface area contributed by atoms with E-state index in [2.05, 4.69) is 19.1 Å². The number of carbonyl (C=O) groups excluding carboxylic acids is 1. The van der Waals surface area contributed by atoms with Gasteiger partial charge in [-0.2, -0.15) is 0 Å². The van der Waals surface area contributed by atoms with Crippen molar-refractivity contribution < 1.29 is 19.8 Å². The molecule has 0 aliphatic rings. The number of hydrogen-bond acceptors (Lipinski definition) is 3. The molecular weight excluding hydrogens is 412 g/mol. The van der Waals surface area contributed by atoms with E-state index in [0.29, 0.717) is 18.6 Å². The minimum absolute atomic E-state index is 0.0644. The first-order valence-corrected chi connectivity index (χ1v) is 12.2. The normalized spacial score (nSPS) is 14.9. The number of aliphatic hydroxyl groups is 1. The zero-order chi connectivity index (χ0) is 24.2. The summed E-state index contributed by atoms with van der Waals surface area (Å²) in [6.07, 6.45) is 7.15. The highest BCUT2D eigenvalue weighted by molar-refractivity contribution is 5.78. The molecule has 0 saturated carbocycles. The lowest BCUT2D eigenvalue weighted by Crippen LogP contribution is -2.25. The molecule has 2 N–H and O–H groups in total. The van der Waals surface area contributed by atoms with Gasteiger partial charge >= 0.3 is 5.97 Å². The molecule has 0 spiro atoms. The van der Waals surface area contributed by atoms with E-state index in [1.165, 1.54) is 5.56 Å². The van der Waals surface area contributed by atoms with Crippen LogP contribution < -0.4 is 0 Å². The topological polar surface area (TPSA) is 74.6 Å². The van der Waals surface area contributed by atoms with Gasteiger partial charge in [-0.3, -0.25) is 9.59 Å². The zero-order valence-corrected chi connectivity index (χ0v) is 20.3. The first-order valence-electron chi connectivity index (χ1n) is 12.2. The summed E-state index contributed by atoms with van der Waals surface area (Å²) in [5.41, 5.74) is 1.81. The summed E-state index contributed by atoms with van der Waals surface area (Å²) in [6.45, 7) is 4.36. The highest BCUT2D eigenvalue weighted by Gasteiger charge is 2.29. The van der Waals surface area contributed by atoms with Crippen LogP contribution in [0.2, 0.25) is 0 Å². The Balaban J connectivity index is 1.74. The van der Waals surface area contributed by atoms with Crippen LogP contribution in [0.3, 0.4) is 0 Å². The average molecular weight is 453 g/mol. The molecule has 0 aromatic heterocycles. The summed E-state index contributed by atoms with van der Waals surface area (Å²) in [6, 6.07) is 20.1. The predicted octanol–water partition coefficient (Wildman–Crippen LogP) is 6.45. The summed E-state index contributed by atoms with van der Waals surface area (Å²) in [5.74, 6) is -0.501. The summed E-state index contributed by atoms with van der Waals surface area (Å²) in [7, 11) is 0. The largest absolute Gasteiger partial charge is 0.481 e. The van der Waals surface area contributed by atoms with Crippen LogP contribution in [-0.2, 0) is 20.4 Å². The average Bonchev–Trinajstić information content (AvgIpc) is 2.80. The second-order valence-corrected chi connectivity index (χ2v) is 9.85. The van der Waals surface area contributed by atoms with Crippen LogP contribution in [0.4, 0.5) is 0 Å². The Kier molecular flexibility index (Phi) is 10.8. The van der Waals surface area contributed by atoms with Crippen molar-refractivity contribution in [3.05, 3.63) is 71.8 Å². The number of unbranched alkanes of at least 4 members (excludes halogenated alkanes) is 2. The number of aliphatic carboxylic acids is 1. The molecule has 2 atom stereocenters. The first kappa shape index (κ1) is 26.8. The van der Waals surface area contributed by atoms with Gasteiger partial charge in [0.15, 0.2) is 0 Å². The molecule has 0 aliphatic heterocycles. The summed E-state index contributed by atoms with van der Waals surface area (Å²) < 4.78 is 0. The number of hydrogen-bond donors (Lipinski definition) is 2. The van der Waals surface area contributed by atoms with Crippen LogP contribution in [0, 0.1) is 0 Å². The molecule has 0 amide bonds. The van der Waals surface area contributed by atoms with Gasteiger partial charge in [0.25, 0.3) is 0 Å². The molecule has 2 rings (SSSR count). The van der Waals surface area contributed by atoms with Gasteiger partial charge in [-0.15, -0.1) is 0 Å². The van der Waals surface area contributed by atoms with E-state index >= 15 is 0 Å². The third-order valence-electron chi connectivity index (χ3n) is 7.01. The molecular formula is C29H40O4. The van der Waals surface area contributed by atoms with Gasteiger partial charge in [0, 0.05) is 24.9 Å². The number of rotatable bonds is 16. The van der Waals surface area contributed by atoms with Crippen molar-refractivity contribution in [3.8, 4) is 0 Å². The smallest absolute Gasteiger partial charge is 0.304 e. The van der Waals surface area contributed by atoms with E-state index < -0.39 is 11.4 Å². The third kappa shape index (κ3) is 8.77. The monoisotopic (exact) mass is 452 g/mol. The minimum Gasteiger partial charge on any atom is -0.481 e. The molecule has 4 nitrogen and oxygen atoms in total. The highest BCUT2D eigenvalue weighted by atomic mass is 16.4. The van der Waals surface area contributed by atoms with Crippen LogP contribution >= 0.6 is 0 Å². The highest BCUT2D eigenvalue weighted by Crippen LogP contribution is 2.34. The van der Waals surface area contributed by atoms with E-state index in [4.69, 9.17) is 0 Å². The van der Waals surface area contributed by atoms with E-state index in [0.717, 1.165) is 50.5 Å². The fraction of sp³-hybridized carbons (Fsp3) is 0.517. The molecule has 2 aromatic carbocycles. The Labute approximate surface area is 199 Å². The lowest BCUT2D eigenvalue weighted by Gasteiger charge is -2.30. The number of ketones is 1. The molecule has 180 valence electrons. The van der Waals surface area contributed by atoms with Gasteiger partial charge in [0.1, 0.15) is 5.78 Å². The number of aliphatic hydroxyl groups excluding tert-OH is 1. The quantitative estimate of drug-likeness (QED) is 0.287. The standard InChI is InChI=1S/C29H40O4/c1-28(21-22-30,24-13-5-3-6-14-24)19-11-9-17-26(31)18-10-12-20-29(2,23-27(32)33)25-15-7-4-8-16-25/h3-8,13-16,30H,9-12,17-23H2,1-2H3,(H,32,33).